The lowest BCUT2D eigenvalue weighted by atomic mass is 10.2. The largest absolute Gasteiger partial charge is 0.299 e. The Morgan fingerprint density at radius 3 is 2.57 bits per heavy atom. The lowest BCUT2D eigenvalue weighted by Gasteiger charge is -1.82. The molecular weight excluding hydrogens is 88.1 g/mol. The predicted molar refractivity (Wildman–Crippen MR) is 29.2 cm³/mol. The van der Waals surface area contributed by atoms with Crippen molar-refractivity contribution in [2.24, 2.45) is 10.9 Å². The van der Waals surface area contributed by atoms with Crippen LogP contribution in [0.3, 0.4) is 0 Å². The van der Waals surface area contributed by atoms with Crippen LogP contribution in [0, 0.1) is 17.2 Å². The van der Waals surface area contributed by atoms with E-state index in [-0.39, 0.29) is 5.92 Å². The van der Waals surface area contributed by atoms with Crippen molar-refractivity contribution < 1.29 is 0 Å². The molecule has 0 N–H and O–H groups in total. The summed E-state index contributed by atoms with van der Waals surface area (Å²) in [5, 5.41) is 8.12. The Morgan fingerprint density at radius 2 is 2.43 bits per heavy atom. The molecule has 0 rings (SSSR count). The van der Waals surface area contributed by atoms with E-state index in [4.69, 9.17) is 5.26 Å². The minimum absolute atomic E-state index is 0.0370. The highest BCUT2D eigenvalue weighted by molar-refractivity contribution is 5.63. The van der Waals surface area contributed by atoms with Crippen LogP contribution < -0.4 is 0 Å². The molecule has 1 unspecified atom stereocenters. The first-order chi connectivity index (χ1) is 3.31. The van der Waals surface area contributed by atoms with Gasteiger partial charge in [-0.2, -0.15) is 5.26 Å². The van der Waals surface area contributed by atoms with Gasteiger partial charge in [-0.1, -0.05) is 0 Å². The molecule has 0 aliphatic heterocycles. The van der Waals surface area contributed by atoms with Gasteiger partial charge in [-0.05, 0) is 6.92 Å². The van der Waals surface area contributed by atoms with Gasteiger partial charge in [0, 0.05) is 13.3 Å². The standard InChI is InChI=1S/C5H8N2/c1-5(3-6)4-7-2/h4-5H,1-2H3/b7-4-. The maximum atomic E-state index is 8.12. The van der Waals surface area contributed by atoms with Gasteiger partial charge in [0.1, 0.15) is 0 Å². The molecule has 0 radical (unpaired) electrons. The second kappa shape index (κ2) is 3.35. The molecule has 0 aromatic rings. The van der Waals surface area contributed by atoms with Crippen LogP contribution in [0.25, 0.3) is 0 Å². The Kier molecular flexibility index (Phi) is 2.95. The van der Waals surface area contributed by atoms with Crippen molar-refractivity contribution in [2.75, 3.05) is 7.05 Å². The Hall–Kier alpha value is -0.840. The molecule has 2 heteroatoms. The fourth-order valence-electron chi connectivity index (χ4n) is 0.257. The van der Waals surface area contributed by atoms with E-state index in [1.165, 1.54) is 0 Å². The van der Waals surface area contributed by atoms with Crippen molar-refractivity contribution in [2.45, 2.75) is 6.92 Å². The van der Waals surface area contributed by atoms with Gasteiger partial charge in [0.2, 0.25) is 0 Å². The van der Waals surface area contributed by atoms with Crippen LogP contribution in [0.15, 0.2) is 4.99 Å². The quantitative estimate of drug-likeness (QED) is 0.446. The first kappa shape index (κ1) is 6.16. The number of rotatable bonds is 1. The summed E-state index contributed by atoms with van der Waals surface area (Å²) in [4.78, 5) is 3.66. The molecule has 7 heavy (non-hydrogen) atoms. The number of nitriles is 1. The van der Waals surface area contributed by atoms with Crippen molar-refractivity contribution >= 4 is 6.21 Å². The smallest absolute Gasteiger partial charge is 0.0782 e. The maximum Gasteiger partial charge on any atom is 0.0782 e. The summed E-state index contributed by atoms with van der Waals surface area (Å²) in [5.74, 6) is -0.0370. The van der Waals surface area contributed by atoms with Crippen LogP contribution in [0.5, 0.6) is 0 Å². The molecule has 0 spiro atoms. The number of hydrogen-bond donors (Lipinski definition) is 0. The van der Waals surface area contributed by atoms with Gasteiger partial charge in [-0.15, -0.1) is 0 Å². The fourth-order valence-corrected chi connectivity index (χ4v) is 0.257. The average Bonchev–Trinajstić information content (AvgIpc) is 1.68. The van der Waals surface area contributed by atoms with E-state index in [1.54, 1.807) is 20.2 Å². The topological polar surface area (TPSA) is 36.1 Å². The van der Waals surface area contributed by atoms with Crippen molar-refractivity contribution in [3.63, 3.8) is 0 Å². The van der Waals surface area contributed by atoms with Crippen molar-refractivity contribution in [3.8, 4) is 6.07 Å². The summed E-state index contributed by atoms with van der Waals surface area (Å²) < 4.78 is 0. The molecule has 0 aromatic carbocycles. The molecule has 0 amide bonds. The highest BCUT2D eigenvalue weighted by atomic mass is 14.6. The lowest BCUT2D eigenvalue weighted by Crippen LogP contribution is -1.88. The van der Waals surface area contributed by atoms with E-state index in [2.05, 4.69) is 4.99 Å². The van der Waals surface area contributed by atoms with Crippen LogP contribution in [0.4, 0.5) is 0 Å². The average molecular weight is 96.1 g/mol. The summed E-state index contributed by atoms with van der Waals surface area (Å²) in [5.41, 5.74) is 0. The molecular formula is C5H8N2. The van der Waals surface area contributed by atoms with Gasteiger partial charge in [0.15, 0.2) is 0 Å². The summed E-state index contributed by atoms with van der Waals surface area (Å²) in [6.07, 6.45) is 1.61. The summed E-state index contributed by atoms with van der Waals surface area (Å²) in [6.45, 7) is 1.80. The first-order valence-corrected chi connectivity index (χ1v) is 2.13. The van der Waals surface area contributed by atoms with Crippen molar-refractivity contribution in [1.29, 1.82) is 5.26 Å². The van der Waals surface area contributed by atoms with Gasteiger partial charge in [0.25, 0.3) is 0 Å². The minimum atomic E-state index is -0.0370. The normalized spacial score (nSPS) is 13.9. The summed E-state index contributed by atoms with van der Waals surface area (Å²) >= 11 is 0. The third-order valence-electron chi connectivity index (χ3n) is 0.576. The number of nitrogens with zero attached hydrogens (tertiary/aromatic N) is 2. The fraction of sp³-hybridized carbons (Fsp3) is 0.600. The Balaban J connectivity index is 3.42. The molecule has 38 valence electrons. The van der Waals surface area contributed by atoms with E-state index < -0.39 is 0 Å². The van der Waals surface area contributed by atoms with E-state index in [9.17, 15) is 0 Å². The van der Waals surface area contributed by atoms with Gasteiger partial charge in [-0.3, -0.25) is 4.99 Å². The third kappa shape index (κ3) is 2.98. The Labute approximate surface area is 43.5 Å². The maximum absolute atomic E-state index is 8.12. The van der Waals surface area contributed by atoms with Gasteiger partial charge >= 0.3 is 0 Å². The van der Waals surface area contributed by atoms with Crippen LogP contribution in [0.2, 0.25) is 0 Å². The SMILES string of the molecule is C/N=C\C(C)C#N. The molecule has 0 heterocycles. The van der Waals surface area contributed by atoms with Crippen LogP contribution >= 0.6 is 0 Å². The number of hydrogen-bond acceptors (Lipinski definition) is 2. The zero-order valence-electron chi connectivity index (χ0n) is 4.55. The second-order valence-electron chi connectivity index (χ2n) is 1.33. The van der Waals surface area contributed by atoms with Crippen LogP contribution in [-0.2, 0) is 0 Å². The molecule has 0 aromatic heterocycles. The molecule has 0 aliphatic carbocycles. The molecule has 0 saturated carbocycles. The van der Waals surface area contributed by atoms with Crippen molar-refractivity contribution in [3.05, 3.63) is 0 Å². The molecule has 1 atom stereocenters. The zero-order chi connectivity index (χ0) is 5.70. The first-order valence-electron chi connectivity index (χ1n) is 2.13. The molecule has 2 nitrogen and oxygen atoms in total. The van der Waals surface area contributed by atoms with Crippen LogP contribution in [0.1, 0.15) is 6.92 Å². The molecule has 0 bridgehead atoms. The van der Waals surface area contributed by atoms with E-state index >= 15 is 0 Å². The van der Waals surface area contributed by atoms with Crippen molar-refractivity contribution in [1.82, 2.24) is 0 Å². The van der Waals surface area contributed by atoms with Gasteiger partial charge in [-0.25, -0.2) is 0 Å². The van der Waals surface area contributed by atoms with E-state index in [1.807, 2.05) is 6.07 Å². The number of aliphatic imine (C=N–C) groups is 1. The van der Waals surface area contributed by atoms with Gasteiger partial charge < -0.3 is 0 Å². The third-order valence-corrected chi connectivity index (χ3v) is 0.576. The highest BCUT2D eigenvalue weighted by Crippen LogP contribution is 1.82. The lowest BCUT2D eigenvalue weighted by molar-refractivity contribution is 1.03. The molecule has 0 fully saturated rings. The second-order valence-corrected chi connectivity index (χ2v) is 1.33. The summed E-state index contributed by atoms with van der Waals surface area (Å²) in [6, 6.07) is 2.02. The molecule has 0 saturated heterocycles. The summed E-state index contributed by atoms with van der Waals surface area (Å²) in [7, 11) is 1.66. The van der Waals surface area contributed by atoms with Gasteiger partial charge in [0.05, 0.1) is 12.0 Å². The van der Waals surface area contributed by atoms with Crippen LogP contribution in [-0.4, -0.2) is 13.3 Å². The Morgan fingerprint density at radius 1 is 1.86 bits per heavy atom. The molecule has 0 aliphatic rings. The monoisotopic (exact) mass is 96.1 g/mol. The predicted octanol–water partition coefficient (Wildman–Crippen LogP) is 0.847. The minimum Gasteiger partial charge on any atom is -0.299 e. The van der Waals surface area contributed by atoms with E-state index in [0.717, 1.165) is 0 Å². The highest BCUT2D eigenvalue weighted by Gasteiger charge is 1.87. The Bertz CT molecular complexity index is 99.1. The van der Waals surface area contributed by atoms with E-state index in [0.29, 0.717) is 0 Å². The zero-order valence-corrected chi connectivity index (χ0v) is 4.55.